The van der Waals surface area contributed by atoms with Gasteiger partial charge in [-0.1, -0.05) is 12.1 Å². The Kier molecular flexibility index (Phi) is 5.18. The van der Waals surface area contributed by atoms with Crippen molar-refractivity contribution in [3.05, 3.63) is 59.0 Å². The number of hydrogen-bond donors (Lipinski definition) is 0. The second-order valence-electron chi connectivity index (χ2n) is 6.95. The van der Waals surface area contributed by atoms with Crippen LogP contribution < -0.4 is 15.1 Å². The number of furan rings is 1. The molecule has 0 aliphatic rings. The Morgan fingerprint density at radius 2 is 1.90 bits per heavy atom. The number of rotatable bonds is 6. The quantitative estimate of drug-likeness (QED) is 0.342. The number of methoxy groups -OCH3 is 1. The number of fused-ring (bicyclic) bond motifs is 2. The molecule has 0 saturated heterocycles. The molecule has 30 heavy (non-hydrogen) atoms. The fourth-order valence-corrected chi connectivity index (χ4v) is 3.20. The molecule has 7 heteroatoms. The van der Waals surface area contributed by atoms with E-state index in [0.29, 0.717) is 39.4 Å². The molecule has 0 radical (unpaired) electrons. The van der Waals surface area contributed by atoms with E-state index in [2.05, 4.69) is 0 Å². The molecule has 0 spiro atoms. The van der Waals surface area contributed by atoms with Crippen LogP contribution in [-0.4, -0.2) is 25.8 Å². The van der Waals surface area contributed by atoms with E-state index >= 15 is 0 Å². The topological polar surface area (TPSA) is 88.1 Å². The van der Waals surface area contributed by atoms with Crippen LogP contribution in [-0.2, 0) is 9.53 Å². The predicted octanol–water partition coefficient (Wildman–Crippen LogP) is 4.55. The molecule has 2 aromatic carbocycles. The fraction of sp³-hybridized carbons (Fsp3) is 0.217. The molecule has 0 aliphatic carbocycles. The Hall–Kier alpha value is -3.74. The van der Waals surface area contributed by atoms with Gasteiger partial charge in [0.05, 0.1) is 13.2 Å². The average molecular weight is 408 g/mol. The van der Waals surface area contributed by atoms with Crippen molar-refractivity contribution in [2.24, 2.45) is 0 Å². The van der Waals surface area contributed by atoms with Crippen LogP contribution in [0.15, 0.2) is 62.2 Å². The third kappa shape index (κ3) is 3.87. The summed E-state index contributed by atoms with van der Waals surface area (Å²) in [6, 6.07) is 13.7. The highest BCUT2D eigenvalue weighted by molar-refractivity contribution is 5.96. The Morgan fingerprint density at radius 3 is 2.67 bits per heavy atom. The van der Waals surface area contributed by atoms with Gasteiger partial charge >= 0.3 is 11.6 Å². The molecule has 0 aliphatic heterocycles. The minimum absolute atomic E-state index is 0.219. The van der Waals surface area contributed by atoms with E-state index in [1.54, 1.807) is 45.2 Å². The van der Waals surface area contributed by atoms with Gasteiger partial charge in [-0.3, -0.25) is 0 Å². The lowest BCUT2D eigenvalue weighted by Crippen LogP contribution is -2.18. The molecule has 7 nitrogen and oxygen atoms in total. The zero-order valence-corrected chi connectivity index (χ0v) is 16.8. The summed E-state index contributed by atoms with van der Waals surface area (Å²) in [6.45, 7) is 3.31. The normalized spacial score (nSPS) is 11.2. The zero-order chi connectivity index (χ0) is 21.3. The Labute approximate surface area is 171 Å². The molecule has 0 unspecified atom stereocenters. The molecule has 0 bridgehead atoms. The minimum Gasteiger partial charge on any atom is -0.493 e. The lowest BCUT2D eigenvalue weighted by molar-refractivity contribution is -0.149. The molecule has 0 atom stereocenters. The monoisotopic (exact) mass is 408 g/mol. The number of carbonyl (C=O) groups is 1. The van der Waals surface area contributed by atoms with E-state index < -0.39 is 11.6 Å². The fourth-order valence-electron chi connectivity index (χ4n) is 3.20. The molecule has 4 rings (SSSR count). The van der Waals surface area contributed by atoms with Gasteiger partial charge in [0.1, 0.15) is 17.1 Å². The second-order valence-corrected chi connectivity index (χ2v) is 6.95. The average Bonchev–Trinajstić information content (AvgIpc) is 3.15. The van der Waals surface area contributed by atoms with Gasteiger partial charge in [0, 0.05) is 22.4 Å². The van der Waals surface area contributed by atoms with Crippen molar-refractivity contribution in [1.82, 2.24) is 0 Å². The van der Waals surface area contributed by atoms with Gasteiger partial charge in [0.15, 0.2) is 17.9 Å². The smallest absolute Gasteiger partial charge is 0.344 e. The summed E-state index contributed by atoms with van der Waals surface area (Å²) in [6.07, 6.45) is -0.219. The highest BCUT2D eigenvalue weighted by atomic mass is 16.6. The van der Waals surface area contributed by atoms with Gasteiger partial charge in [-0.2, -0.15) is 0 Å². The summed E-state index contributed by atoms with van der Waals surface area (Å²) in [4.78, 5) is 23.8. The number of carbonyl (C=O) groups excluding carboxylic acids is 1. The van der Waals surface area contributed by atoms with Crippen molar-refractivity contribution in [2.75, 3.05) is 13.7 Å². The van der Waals surface area contributed by atoms with Gasteiger partial charge < -0.3 is 23.0 Å². The van der Waals surface area contributed by atoms with Crippen molar-refractivity contribution in [1.29, 1.82) is 0 Å². The standard InChI is InChI=1S/C23H20O7/c1-13(2)28-22(25)12-27-15-7-8-18-16(10-15)17(11-21(24)29-18)20-9-14-5-4-6-19(26-3)23(14)30-20/h4-11,13H,12H2,1-3H3. The van der Waals surface area contributed by atoms with E-state index in [4.69, 9.17) is 23.0 Å². The first-order chi connectivity index (χ1) is 14.4. The van der Waals surface area contributed by atoms with Crippen LogP contribution in [0.4, 0.5) is 0 Å². The maximum atomic E-state index is 12.1. The van der Waals surface area contributed by atoms with E-state index in [1.807, 2.05) is 18.2 Å². The molecule has 0 N–H and O–H groups in total. The minimum atomic E-state index is -0.501. The third-order valence-corrected chi connectivity index (χ3v) is 4.43. The summed E-state index contributed by atoms with van der Waals surface area (Å²) in [5.41, 5.74) is 1.01. The summed E-state index contributed by atoms with van der Waals surface area (Å²) in [5, 5.41) is 1.46. The number of ether oxygens (including phenoxy) is 3. The van der Waals surface area contributed by atoms with Gasteiger partial charge in [-0.25, -0.2) is 9.59 Å². The maximum absolute atomic E-state index is 12.1. The Morgan fingerprint density at radius 1 is 1.07 bits per heavy atom. The van der Waals surface area contributed by atoms with Gasteiger partial charge in [-0.05, 0) is 44.2 Å². The first kappa shape index (κ1) is 19.6. The van der Waals surface area contributed by atoms with Crippen LogP contribution in [0.2, 0.25) is 0 Å². The van der Waals surface area contributed by atoms with Crippen molar-refractivity contribution in [3.63, 3.8) is 0 Å². The molecule has 0 saturated carbocycles. The highest BCUT2D eigenvalue weighted by Gasteiger charge is 2.16. The lowest BCUT2D eigenvalue weighted by atomic mass is 10.1. The van der Waals surface area contributed by atoms with Gasteiger partial charge in [-0.15, -0.1) is 0 Å². The zero-order valence-electron chi connectivity index (χ0n) is 16.8. The molecule has 0 fully saturated rings. The van der Waals surface area contributed by atoms with Crippen LogP contribution in [0.25, 0.3) is 33.3 Å². The summed E-state index contributed by atoms with van der Waals surface area (Å²) < 4.78 is 27.3. The van der Waals surface area contributed by atoms with Crippen LogP contribution in [0.5, 0.6) is 11.5 Å². The van der Waals surface area contributed by atoms with Gasteiger partial charge in [0.2, 0.25) is 0 Å². The Balaban J connectivity index is 1.76. The van der Waals surface area contributed by atoms with Crippen molar-refractivity contribution in [3.8, 4) is 22.8 Å². The molecule has 4 aromatic rings. The van der Waals surface area contributed by atoms with Crippen LogP contribution in [0.1, 0.15) is 13.8 Å². The SMILES string of the molecule is COc1cccc2cc(-c3cc(=O)oc4ccc(OCC(=O)OC(C)C)cc34)oc12. The van der Waals surface area contributed by atoms with Crippen molar-refractivity contribution < 1.29 is 27.8 Å². The molecular weight excluding hydrogens is 388 g/mol. The first-order valence-corrected chi connectivity index (χ1v) is 9.41. The third-order valence-electron chi connectivity index (χ3n) is 4.43. The van der Waals surface area contributed by atoms with Crippen molar-refractivity contribution >= 4 is 27.9 Å². The van der Waals surface area contributed by atoms with Gasteiger partial charge in [0.25, 0.3) is 0 Å². The van der Waals surface area contributed by atoms with E-state index in [-0.39, 0.29) is 12.7 Å². The lowest BCUT2D eigenvalue weighted by Gasteiger charge is -2.10. The largest absolute Gasteiger partial charge is 0.493 e. The van der Waals surface area contributed by atoms with E-state index in [1.165, 1.54) is 6.07 Å². The first-order valence-electron chi connectivity index (χ1n) is 9.41. The second kappa shape index (κ2) is 7.94. The van der Waals surface area contributed by atoms with E-state index in [9.17, 15) is 9.59 Å². The summed E-state index contributed by atoms with van der Waals surface area (Å²) >= 11 is 0. The molecular formula is C23H20O7. The molecule has 154 valence electrons. The number of para-hydroxylation sites is 1. The number of esters is 1. The number of hydrogen-bond acceptors (Lipinski definition) is 7. The highest BCUT2D eigenvalue weighted by Crippen LogP contribution is 2.36. The molecule has 2 heterocycles. The van der Waals surface area contributed by atoms with E-state index in [0.717, 1.165) is 5.39 Å². The van der Waals surface area contributed by atoms with Crippen LogP contribution in [0.3, 0.4) is 0 Å². The number of benzene rings is 2. The maximum Gasteiger partial charge on any atom is 0.344 e. The molecule has 0 amide bonds. The van der Waals surface area contributed by atoms with Crippen LogP contribution in [0, 0.1) is 0 Å². The summed E-state index contributed by atoms with van der Waals surface area (Å²) in [7, 11) is 1.57. The Bertz CT molecular complexity index is 1280. The van der Waals surface area contributed by atoms with Crippen LogP contribution >= 0.6 is 0 Å². The van der Waals surface area contributed by atoms with Crippen molar-refractivity contribution in [2.45, 2.75) is 20.0 Å². The predicted molar refractivity (Wildman–Crippen MR) is 111 cm³/mol. The molecule has 2 aromatic heterocycles. The summed E-state index contributed by atoms with van der Waals surface area (Å²) in [5.74, 6) is 1.06.